The second kappa shape index (κ2) is 7.13. The molecule has 0 unspecified atom stereocenters. The number of hydrogen-bond donors (Lipinski definition) is 1. The van der Waals surface area contributed by atoms with Crippen molar-refractivity contribution >= 4 is 5.91 Å². The summed E-state index contributed by atoms with van der Waals surface area (Å²) in [5.41, 5.74) is 0.921. The van der Waals surface area contributed by atoms with Crippen molar-refractivity contribution in [1.82, 2.24) is 10.3 Å². The van der Waals surface area contributed by atoms with Gasteiger partial charge in [0, 0.05) is 18.3 Å². The summed E-state index contributed by atoms with van der Waals surface area (Å²) in [7, 11) is 1.60. The molecule has 5 nitrogen and oxygen atoms in total. The van der Waals surface area contributed by atoms with Gasteiger partial charge in [-0.3, -0.25) is 9.78 Å². The van der Waals surface area contributed by atoms with E-state index in [9.17, 15) is 4.79 Å². The molecule has 2 aromatic rings. The first-order valence-corrected chi connectivity index (χ1v) is 6.21. The van der Waals surface area contributed by atoms with Gasteiger partial charge in [-0.1, -0.05) is 18.2 Å². The Labute approximate surface area is 117 Å². The highest BCUT2D eigenvalue weighted by atomic mass is 16.5. The quantitative estimate of drug-likeness (QED) is 0.871. The lowest BCUT2D eigenvalue weighted by Gasteiger charge is -2.10. The summed E-state index contributed by atoms with van der Waals surface area (Å²) in [6, 6.07) is 11.0. The molecule has 104 valence electrons. The molecule has 1 heterocycles. The molecular formula is C15H16N2O3. The Hall–Kier alpha value is -2.56. The molecule has 0 spiro atoms. The number of ether oxygens (including phenoxy) is 2. The number of para-hydroxylation sites is 1. The van der Waals surface area contributed by atoms with Gasteiger partial charge in [-0.05, 0) is 18.2 Å². The van der Waals surface area contributed by atoms with Crippen LogP contribution in [0.1, 0.15) is 5.56 Å². The zero-order valence-corrected chi connectivity index (χ0v) is 11.2. The van der Waals surface area contributed by atoms with Gasteiger partial charge < -0.3 is 14.8 Å². The number of nitrogens with one attached hydrogen (secondary N) is 1. The van der Waals surface area contributed by atoms with Crippen molar-refractivity contribution in [1.29, 1.82) is 0 Å². The third-order valence-corrected chi connectivity index (χ3v) is 2.67. The molecule has 0 radical (unpaired) electrons. The number of nitrogens with zero attached hydrogens (tertiary/aromatic N) is 1. The molecule has 0 aliphatic carbocycles. The SMILES string of the molecule is COc1ccccc1CNC(=O)COc1cccnc1. The van der Waals surface area contributed by atoms with Crippen LogP contribution < -0.4 is 14.8 Å². The van der Waals surface area contributed by atoms with E-state index in [0.717, 1.165) is 11.3 Å². The number of carbonyl (C=O) groups excluding carboxylic acids is 1. The zero-order valence-electron chi connectivity index (χ0n) is 11.2. The molecular weight excluding hydrogens is 256 g/mol. The van der Waals surface area contributed by atoms with Gasteiger partial charge in [-0.2, -0.15) is 0 Å². The fourth-order valence-electron chi connectivity index (χ4n) is 1.68. The second-order valence-corrected chi connectivity index (χ2v) is 4.07. The van der Waals surface area contributed by atoms with E-state index in [2.05, 4.69) is 10.3 Å². The fourth-order valence-corrected chi connectivity index (χ4v) is 1.68. The van der Waals surface area contributed by atoms with Crippen molar-refractivity contribution in [3.63, 3.8) is 0 Å². The maximum atomic E-state index is 11.7. The number of aromatic nitrogens is 1. The fraction of sp³-hybridized carbons (Fsp3) is 0.200. The maximum Gasteiger partial charge on any atom is 0.258 e. The maximum absolute atomic E-state index is 11.7. The van der Waals surface area contributed by atoms with Gasteiger partial charge in [0.1, 0.15) is 11.5 Å². The largest absolute Gasteiger partial charge is 0.496 e. The Morgan fingerprint density at radius 2 is 2.10 bits per heavy atom. The summed E-state index contributed by atoms with van der Waals surface area (Å²) in [6.07, 6.45) is 3.21. The first kappa shape index (κ1) is 13.9. The van der Waals surface area contributed by atoms with E-state index in [1.807, 2.05) is 24.3 Å². The van der Waals surface area contributed by atoms with Crippen molar-refractivity contribution in [3.8, 4) is 11.5 Å². The topological polar surface area (TPSA) is 60.5 Å². The van der Waals surface area contributed by atoms with Gasteiger partial charge >= 0.3 is 0 Å². The number of methoxy groups -OCH3 is 1. The van der Waals surface area contributed by atoms with E-state index in [4.69, 9.17) is 9.47 Å². The summed E-state index contributed by atoms with van der Waals surface area (Å²) >= 11 is 0. The highest BCUT2D eigenvalue weighted by molar-refractivity contribution is 5.77. The summed E-state index contributed by atoms with van der Waals surface area (Å²) < 4.78 is 10.5. The Morgan fingerprint density at radius 3 is 2.85 bits per heavy atom. The highest BCUT2D eigenvalue weighted by Gasteiger charge is 2.05. The van der Waals surface area contributed by atoms with Crippen molar-refractivity contribution in [2.75, 3.05) is 13.7 Å². The molecule has 1 N–H and O–H groups in total. The van der Waals surface area contributed by atoms with Crippen LogP contribution in [0.3, 0.4) is 0 Å². The summed E-state index contributed by atoms with van der Waals surface area (Å²) in [5, 5.41) is 2.78. The average molecular weight is 272 g/mol. The van der Waals surface area contributed by atoms with Gasteiger partial charge in [0.2, 0.25) is 0 Å². The Bertz CT molecular complexity index is 558. The van der Waals surface area contributed by atoms with E-state index in [-0.39, 0.29) is 12.5 Å². The van der Waals surface area contributed by atoms with E-state index >= 15 is 0 Å². The van der Waals surface area contributed by atoms with E-state index < -0.39 is 0 Å². The molecule has 1 aromatic heterocycles. The monoisotopic (exact) mass is 272 g/mol. The number of rotatable bonds is 6. The first-order chi connectivity index (χ1) is 9.79. The summed E-state index contributed by atoms with van der Waals surface area (Å²) in [4.78, 5) is 15.6. The average Bonchev–Trinajstić information content (AvgIpc) is 2.52. The molecule has 0 saturated carbocycles. The molecule has 20 heavy (non-hydrogen) atoms. The number of pyridine rings is 1. The van der Waals surface area contributed by atoms with Gasteiger partial charge in [0.25, 0.3) is 5.91 Å². The van der Waals surface area contributed by atoms with E-state index in [1.165, 1.54) is 0 Å². The molecule has 2 rings (SSSR count). The zero-order chi connectivity index (χ0) is 14.2. The Kier molecular flexibility index (Phi) is 4.94. The van der Waals surface area contributed by atoms with Crippen LogP contribution in [0.4, 0.5) is 0 Å². The van der Waals surface area contributed by atoms with Crippen LogP contribution in [0, 0.1) is 0 Å². The summed E-state index contributed by atoms with van der Waals surface area (Å²) in [6.45, 7) is 0.361. The van der Waals surface area contributed by atoms with Gasteiger partial charge in [-0.15, -0.1) is 0 Å². The molecule has 0 bridgehead atoms. The lowest BCUT2D eigenvalue weighted by molar-refractivity contribution is -0.123. The molecule has 1 aromatic carbocycles. The van der Waals surface area contributed by atoms with E-state index in [0.29, 0.717) is 12.3 Å². The highest BCUT2D eigenvalue weighted by Crippen LogP contribution is 2.16. The summed E-state index contributed by atoms with van der Waals surface area (Å²) in [5.74, 6) is 1.13. The minimum Gasteiger partial charge on any atom is -0.496 e. The van der Waals surface area contributed by atoms with Crippen molar-refractivity contribution in [2.24, 2.45) is 0 Å². The number of amides is 1. The predicted molar refractivity (Wildman–Crippen MR) is 74.6 cm³/mol. The third kappa shape index (κ3) is 3.98. The number of carbonyl (C=O) groups is 1. The van der Waals surface area contributed by atoms with Crippen LogP contribution in [0.2, 0.25) is 0 Å². The third-order valence-electron chi connectivity index (χ3n) is 2.67. The molecule has 0 aliphatic rings. The Morgan fingerprint density at radius 1 is 1.25 bits per heavy atom. The van der Waals surface area contributed by atoms with Crippen LogP contribution in [-0.2, 0) is 11.3 Å². The van der Waals surface area contributed by atoms with Crippen LogP contribution in [0.5, 0.6) is 11.5 Å². The van der Waals surface area contributed by atoms with Gasteiger partial charge in [-0.25, -0.2) is 0 Å². The van der Waals surface area contributed by atoms with Crippen molar-refractivity contribution < 1.29 is 14.3 Å². The molecule has 1 amide bonds. The van der Waals surface area contributed by atoms with Crippen LogP contribution in [0.15, 0.2) is 48.8 Å². The van der Waals surface area contributed by atoms with Crippen LogP contribution >= 0.6 is 0 Å². The minimum absolute atomic E-state index is 0.0408. The molecule has 5 heteroatoms. The first-order valence-electron chi connectivity index (χ1n) is 6.21. The lowest BCUT2D eigenvalue weighted by atomic mass is 10.2. The van der Waals surface area contributed by atoms with Gasteiger partial charge in [0.05, 0.1) is 13.3 Å². The van der Waals surface area contributed by atoms with Crippen LogP contribution in [0.25, 0.3) is 0 Å². The molecule has 0 atom stereocenters. The van der Waals surface area contributed by atoms with Crippen molar-refractivity contribution in [2.45, 2.75) is 6.54 Å². The number of hydrogen-bond acceptors (Lipinski definition) is 4. The normalized spacial score (nSPS) is 9.85. The second-order valence-electron chi connectivity index (χ2n) is 4.07. The smallest absolute Gasteiger partial charge is 0.258 e. The molecule has 0 fully saturated rings. The standard InChI is InChI=1S/C15H16N2O3/c1-19-14-7-3-2-5-12(14)9-17-15(18)11-20-13-6-4-8-16-10-13/h2-8,10H,9,11H2,1H3,(H,17,18). The minimum atomic E-state index is -0.195. The Balaban J connectivity index is 1.80. The molecule has 0 aliphatic heterocycles. The van der Waals surface area contributed by atoms with Crippen LogP contribution in [-0.4, -0.2) is 24.6 Å². The number of benzene rings is 1. The van der Waals surface area contributed by atoms with E-state index in [1.54, 1.807) is 31.6 Å². The lowest BCUT2D eigenvalue weighted by Crippen LogP contribution is -2.28. The van der Waals surface area contributed by atoms with Gasteiger partial charge in [0.15, 0.2) is 6.61 Å². The van der Waals surface area contributed by atoms with Crippen molar-refractivity contribution in [3.05, 3.63) is 54.4 Å². The molecule has 0 saturated heterocycles. The predicted octanol–water partition coefficient (Wildman–Crippen LogP) is 1.79.